The van der Waals surface area contributed by atoms with Gasteiger partial charge in [-0.15, -0.1) is 0 Å². The number of ether oxygens (including phenoxy) is 1. The molecule has 0 unspecified atom stereocenters. The van der Waals surface area contributed by atoms with E-state index in [-0.39, 0.29) is 23.6 Å². The number of pyridine rings is 2. The average Bonchev–Trinajstić information content (AvgIpc) is 3.20. The van der Waals surface area contributed by atoms with E-state index in [0.717, 1.165) is 23.6 Å². The smallest absolute Gasteiger partial charge is 0.424 e. The minimum absolute atomic E-state index is 0.0395. The van der Waals surface area contributed by atoms with E-state index in [1.165, 1.54) is 30.5 Å². The van der Waals surface area contributed by atoms with Crippen LogP contribution in [0.25, 0.3) is 22.2 Å². The van der Waals surface area contributed by atoms with E-state index in [4.69, 9.17) is 4.74 Å². The van der Waals surface area contributed by atoms with E-state index in [0.29, 0.717) is 16.6 Å². The van der Waals surface area contributed by atoms with Gasteiger partial charge in [-0.05, 0) is 48.5 Å². The highest BCUT2D eigenvalue weighted by Gasteiger charge is 2.57. The fourth-order valence-corrected chi connectivity index (χ4v) is 4.38. The molecule has 0 saturated heterocycles. The second-order valence-corrected chi connectivity index (χ2v) is 9.86. The lowest BCUT2D eigenvalue weighted by atomic mass is 9.84. The molecule has 2 N–H and O–H groups in total. The van der Waals surface area contributed by atoms with Gasteiger partial charge in [0.15, 0.2) is 0 Å². The molecule has 0 bridgehead atoms. The molecule has 1 aliphatic heterocycles. The van der Waals surface area contributed by atoms with E-state index < -0.39 is 41.2 Å². The summed E-state index contributed by atoms with van der Waals surface area (Å²) in [5.41, 5.74) is -3.56. The Morgan fingerprint density at radius 2 is 1.84 bits per heavy atom. The van der Waals surface area contributed by atoms with Gasteiger partial charge in [0.25, 0.3) is 5.91 Å². The number of aliphatic hydroxyl groups is 1. The van der Waals surface area contributed by atoms with Crippen molar-refractivity contribution in [2.45, 2.75) is 31.0 Å². The molecule has 1 atom stereocenters. The van der Waals surface area contributed by atoms with Gasteiger partial charge < -0.3 is 15.2 Å². The summed E-state index contributed by atoms with van der Waals surface area (Å²) in [5, 5.41) is 14.1. The largest absolute Gasteiger partial charge is 0.490 e. The van der Waals surface area contributed by atoms with Gasteiger partial charge in [-0.2, -0.15) is 13.2 Å². The molecule has 2 aromatic heterocycles. The van der Waals surface area contributed by atoms with Crippen LogP contribution in [0.15, 0.2) is 66.9 Å². The van der Waals surface area contributed by atoms with Crippen molar-refractivity contribution in [3.63, 3.8) is 0 Å². The lowest BCUT2D eigenvalue weighted by Gasteiger charge is -2.31. The second-order valence-electron chi connectivity index (χ2n) is 9.86. The number of hydrogen-bond acceptors (Lipinski definition) is 5. The van der Waals surface area contributed by atoms with E-state index in [1.807, 2.05) is 0 Å². The number of aromatic nitrogens is 2. The van der Waals surface area contributed by atoms with Crippen LogP contribution in [-0.2, 0) is 11.0 Å². The Bertz CT molecular complexity index is 1540. The van der Waals surface area contributed by atoms with Gasteiger partial charge in [-0.3, -0.25) is 9.78 Å². The predicted molar refractivity (Wildman–Crippen MR) is 132 cm³/mol. The van der Waals surface area contributed by atoms with Gasteiger partial charge in [-0.1, -0.05) is 26.0 Å². The van der Waals surface area contributed by atoms with Crippen molar-refractivity contribution in [2.24, 2.45) is 0 Å². The number of nitrogens with one attached hydrogen (secondary N) is 1. The topological polar surface area (TPSA) is 84.3 Å². The molecule has 196 valence electrons. The minimum Gasteiger partial charge on any atom is -0.490 e. The molecular formula is C28H23F4N3O3. The van der Waals surface area contributed by atoms with E-state index in [2.05, 4.69) is 15.3 Å². The van der Waals surface area contributed by atoms with Crippen molar-refractivity contribution in [1.29, 1.82) is 0 Å². The quantitative estimate of drug-likeness (QED) is 0.346. The number of fused-ring (bicyclic) bond motifs is 2. The first-order valence-corrected chi connectivity index (χ1v) is 11.8. The predicted octanol–water partition coefficient (Wildman–Crippen LogP) is 5.29. The molecule has 6 nitrogen and oxygen atoms in total. The molecule has 5 rings (SSSR count). The Kier molecular flexibility index (Phi) is 6.10. The zero-order valence-electron chi connectivity index (χ0n) is 20.4. The Labute approximate surface area is 215 Å². The van der Waals surface area contributed by atoms with Gasteiger partial charge in [0, 0.05) is 33.7 Å². The summed E-state index contributed by atoms with van der Waals surface area (Å²) in [6, 6.07) is 14.3. The maximum atomic E-state index is 14.5. The zero-order valence-corrected chi connectivity index (χ0v) is 20.4. The number of halogens is 4. The van der Waals surface area contributed by atoms with Gasteiger partial charge in [-0.25, -0.2) is 9.37 Å². The third-order valence-electron chi connectivity index (χ3n) is 6.66. The van der Waals surface area contributed by atoms with Crippen LogP contribution in [0.3, 0.4) is 0 Å². The number of rotatable bonds is 5. The second kappa shape index (κ2) is 9.05. The number of alkyl halides is 3. The fourth-order valence-electron chi connectivity index (χ4n) is 4.38. The molecule has 1 amide bonds. The first kappa shape index (κ1) is 25.6. The molecule has 2 aromatic carbocycles. The first-order chi connectivity index (χ1) is 17.9. The number of carbonyl (C=O) groups excluding carboxylic acids is 1. The van der Waals surface area contributed by atoms with Gasteiger partial charge in [0.1, 0.15) is 17.3 Å². The molecular weight excluding hydrogens is 502 g/mol. The molecule has 38 heavy (non-hydrogen) atoms. The summed E-state index contributed by atoms with van der Waals surface area (Å²) < 4.78 is 62.7. The van der Waals surface area contributed by atoms with Crippen LogP contribution >= 0.6 is 0 Å². The highest BCUT2D eigenvalue weighted by molar-refractivity contribution is 5.97. The molecule has 0 aliphatic carbocycles. The maximum Gasteiger partial charge on any atom is 0.424 e. The van der Waals surface area contributed by atoms with Crippen molar-refractivity contribution in [1.82, 2.24) is 15.3 Å². The van der Waals surface area contributed by atoms with Crippen LogP contribution in [0.2, 0.25) is 0 Å². The van der Waals surface area contributed by atoms with Crippen molar-refractivity contribution in [3.8, 4) is 17.0 Å². The minimum atomic E-state index is -5.20. The summed E-state index contributed by atoms with van der Waals surface area (Å²) >= 11 is 0. The molecule has 0 saturated carbocycles. The number of amides is 1. The highest BCUT2D eigenvalue weighted by Crippen LogP contribution is 2.47. The van der Waals surface area contributed by atoms with Gasteiger partial charge in [0.05, 0.1) is 24.4 Å². The monoisotopic (exact) mass is 525 g/mol. The van der Waals surface area contributed by atoms with Crippen molar-refractivity contribution >= 4 is 16.8 Å². The van der Waals surface area contributed by atoms with Gasteiger partial charge >= 0.3 is 6.18 Å². The number of hydrogen-bond donors (Lipinski definition) is 2. The fraction of sp³-hybridized carbons (Fsp3) is 0.250. The highest BCUT2D eigenvalue weighted by atomic mass is 19.4. The number of carbonyl (C=O) groups is 1. The lowest BCUT2D eigenvalue weighted by Crippen LogP contribution is -2.51. The Morgan fingerprint density at radius 3 is 2.55 bits per heavy atom. The van der Waals surface area contributed by atoms with Crippen molar-refractivity contribution < 1.29 is 32.2 Å². The molecule has 0 fully saturated rings. The van der Waals surface area contributed by atoms with Crippen LogP contribution in [0.4, 0.5) is 17.6 Å². The van der Waals surface area contributed by atoms with E-state index >= 15 is 0 Å². The van der Waals surface area contributed by atoms with E-state index in [1.54, 1.807) is 32.0 Å². The first-order valence-electron chi connectivity index (χ1n) is 11.8. The molecule has 1 aliphatic rings. The molecule has 4 aromatic rings. The molecule has 10 heteroatoms. The van der Waals surface area contributed by atoms with Crippen LogP contribution in [0, 0.1) is 5.82 Å². The number of benzene rings is 2. The number of nitrogens with zero attached hydrogens (tertiary/aromatic N) is 2. The normalized spacial score (nSPS) is 16.0. The summed E-state index contributed by atoms with van der Waals surface area (Å²) in [4.78, 5) is 21.1. The van der Waals surface area contributed by atoms with Gasteiger partial charge in [0.2, 0.25) is 5.60 Å². The van der Waals surface area contributed by atoms with Crippen molar-refractivity contribution in [3.05, 3.63) is 89.5 Å². The lowest BCUT2D eigenvalue weighted by molar-refractivity contribution is -0.265. The van der Waals surface area contributed by atoms with Crippen LogP contribution < -0.4 is 10.1 Å². The Balaban J connectivity index is 1.55. The zero-order chi connectivity index (χ0) is 27.3. The SMILES string of the molecule is CC1(C)COc2c1cc([C@@](O)(CNC(=O)c1ccc3cccnc3c1)C(F)(F)F)nc2-c1ccc(F)cc1. The van der Waals surface area contributed by atoms with Crippen LogP contribution in [-0.4, -0.2) is 40.3 Å². The molecule has 0 spiro atoms. The molecule has 3 heterocycles. The average molecular weight is 526 g/mol. The molecule has 0 radical (unpaired) electrons. The third-order valence-corrected chi connectivity index (χ3v) is 6.66. The van der Waals surface area contributed by atoms with Crippen LogP contribution in [0.5, 0.6) is 5.75 Å². The van der Waals surface area contributed by atoms with Crippen molar-refractivity contribution in [2.75, 3.05) is 13.2 Å². The Morgan fingerprint density at radius 1 is 1.11 bits per heavy atom. The van der Waals surface area contributed by atoms with E-state index in [9.17, 15) is 27.5 Å². The summed E-state index contributed by atoms with van der Waals surface area (Å²) in [7, 11) is 0. The summed E-state index contributed by atoms with van der Waals surface area (Å²) in [6.45, 7) is 2.57. The third kappa shape index (κ3) is 4.45. The summed E-state index contributed by atoms with van der Waals surface area (Å²) in [6.07, 6.45) is -3.66. The van der Waals surface area contributed by atoms with Crippen LogP contribution in [0.1, 0.15) is 35.5 Å². The summed E-state index contributed by atoms with van der Waals surface area (Å²) in [5.74, 6) is -1.08. The Hall–Kier alpha value is -4.05. The maximum absolute atomic E-state index is 14.5. The standard InChI is InChI=1S/C28H23F4N3O3/c1-26(2)15-38-24-20(26)13-22(35-23(24)17-7-9-19(29)10-8-17)27(37,28(30,31)32)14-34-25(36)18-6-5-16-4-3-11-33-21(16)12-18/h3-13,37H,14-15H2,1-2H3,(H,34,36)/t27-/m0/s1.